The molecule has 0 spiro atoms. The van der Waals surface area contributed by atoms with Crippen LogP contribution in [0.3, 0.4) is 0 Å². The van der Waals surface area contributed by atoms with E-state index in [4.69, 9.17) is 9.72 Å². The predicted octanol–water partition coefficient (Wildman–Crippen LogP) is 5.14. The predicted molar refractivity (Wildman–Crippen MR) is 169 cm³/mol. The standard InChI is InChI=1S/C33H43N5O3S/c1-22(34-2)31(39)36-30(23-9-4-3-5-10-23)33(40)38-16-8-13-29(38)32-35-27(21-42-32)25-14-15-28(37-17-19-41-20-18-37)26-12-7-6-11-24(25)26/h6-7,11-12,14-15,21-23,29-30,34H,3-5,8-10,13,16-20H2,1-2H3,(H,36,39)/t22-,29-,30-/m0/s1. The fourth-order valence-electron chi connectivity index (χ4n) is 6.87. The minimum absolute atomic E-state index is 0.0538. The number of anilines is 1. The molecular weight excluding hydrogens is 546 g/mol. The Morgan fingerprint density at radius 3 is 2.50 bits per heavy atom. The number of nitrogens with zero attached hydrogens (tertiary/aromatic N) is 3. The number of likely N-dealkylation sites (tertiary alicyclic amines) is 1. The third-order valence-electron chi connectivity index (χ3n) is 9.38. The summed E-state index contributed by atoms with van der Waals surface area (Å²) >= 11 is 1.64. The highest BCUT2D eigenvalue weighted by atomic mass is 32.1. The number of nitrogens with one attached hydrogen (secondary N) is 2. The van der Waals surface area contributed by atoms with Crippen molar-refractivity contribution in [3.8, 4) is 11.3 Å². The maximum absolute atomic E-state index is 14.2. The van der Waals surface area contributed by atoms with Crippen LogP contribution in [0.25, 0.3) is 22.0 Å². The average molecular weight is 590 g/mol. The van der Waals surface area contributed by atoms with Crippen LogP contribution in [-0.4, -0.2) is 73.7 Å². The highest BCUT2D eigenvalue weighted by Crippen LogP contribution is 2.40. The summed E-state index contributed by atoms with van der Waals surface area (Å²) in [5, 5.41) is 11.7. The van der Waals surface area contributed by atoms with Crippen molar-refractivity contribution in [1.82, 2.24) is 20.5 Å². The van der Waals surface area contributed by atoms with E-state index in [9.17, 15) is 9.59 Å². The maximum Gasteiger partial charge on any atom is 0.246 e. The lowest BCUT2D eigenvalue weighted by Crippen LogP contribution is -2.55. The third-order valence-corrected chi connectivity index (χ3v) is 10.3. The molecule has 6 rings (SSSR count). The molecule has 0 unspecified atom stereocenters. The Morgan fingerprint density at radius 1 is 0.976 bits per heavy atom. The molecule has 0 bridgehead atoms. The van der Waals surface area contributed by atoms with Crippen molar-refractivity contribution in [2.45, 2.75) is 70.0 Å². The number of thiazole rings is 1. The number of ether oxygens (including phenoxy) is 1. The lowest BCUT2D eigenvalue weighted by Gasteiger charge is -2.35. The molecule has 0 radical (unpaired) electrons. The molecule has 2 N–H and O–H groups in total. The number of fused-ring (bicyclic) bond motifs is 1. The van der Waals surface area contributed by atoms with Gasteiger partial charge in [-0.3, -0.25) is 9.59 Å². The zero-order chi connectivity index (χ0) is 29.1. The highest BCUT2D eigenvalue weighted by Gasteiger charge is 2.40. The number of benzene rings is 2. The second-order valence-corrected chi connectivity index (χ2v) is 12.8. The number of amides is 2. The van der Waals surface area contributed by atoms with E-state index < -0.39 is 6.04 Å². The quantitative estimate of drug-likeness (QED) is 0.379. The third kappa shape index (κ3) is 5.92. The summed E-state index contributed by atoms with van der Waals surface area (Å²) in [4.78, 5) is 36.7. The van der Waals surface area contributed by atoms with E-state index in [1.54, 1.807) is 18.4 Å². The highest BCUT2D eigenvalue weighted by molar-refractivity contribution is 7.10. The topological polar surface area (TPSA) is 86.8 Å². The van der Waals surface area contributed by atoms with Crippen LogP contribution >= 0.6 is 11.3 Å². The Bertz CT molecular complexity index is 1400. The van der Waals surface area contributed by atoms with Gasteiger partial charge in [0.1, 0.15) is 11.0 Å². The van der Waals surface area contributed by atoms with Crippen LogP contribution < -0.4 is 15.5 Å². The number of aromatic nitrogens is 1. The van der Waals surface area contributed by atoms with Crippen LogP contribution in [0.15, 0.2) is 41.8 Å². The molecule has 3 heterocycles. The Kier molecular flexibility index (Phi) is 9.07. The van der Waals surface area contributed by atoms with Crippen LogP contribution in [0, 0.1) is 5.92 Å². The van der Waals surface area contributed by atoms with Gasteiger partial charge in [-0.25, -0.2) is 4.98 Å². The summed E-state index contributed by atoms with van der Waals surface area (Å²) in [5.74, 6) is 0.128. The van der Waals surface area contributed by atoms with Gasteiger partial charge >= 0.3 is 0 Å². The first-order valence-corrected chi connectivity index (χ1v) is 16.5. The lowest BCUT2D eigenvalue weighted by atomic mass is 9.83. The van der Waals surface area contributed by atoms with Crippen molar-refractivity contribution in [3.05, 3.63) is 46.8 Å². The fourth-order valence-corrected chi connectivity index (χ4v) is 7.84. The molecule has 8 nitrogen and oxygen atoms in total. The number of carbonyl (C=O) groups excluding carboxylic acids is 2. The van der Waals surface area contributed by atoms with Crippen molar-refractivity contribution in [3.63, 3.8) is 0 Å². The summed E-state index contributed by atoms with van der Waals surface area (Å²) in [7, 11) is 1.78. The lowest BCUT2D eigenvalue weighted by molar-refractivity contribution is -0.139. The molecule has 2 aromatic carbocycles. The number of morpholine rings is 1. The van der Waals surface area contributed by atoms with Crippen molar-refractivity contribution < 1.29 is 14.3 Å². The molecule has 3 atom stereocenters. The number of carbonyl (C=O) groups is 2. The molecule has 2 saturated heterocycles. The van der Waals surface area contributed by atoms with Gasteiger partial charge in [0.05, 0.1) is 31.0 Å². The Morgan fingerprint density at radius 2 is 1.74 bits per heavy atom. The zero-order valence-electron chi connectivity index (χ0n) is 24.8. The van der Waals surface area contributed by atoms with Crippen molar-refractivity contribution in [1.29, 1.82) is 0 Å². The normalized spacial score (nSPS) is 21.4. The zero-order valence-corrected chi connectivity index (χ0v) is 25.6. The van der Waals surface area contributed by atoms with Crippen LogP contribution in [0.4, 0.5) is 5.69 Å². The van der Waals surface area contributed by atoms with Gasteiger partial charge in [0, 0.05) is 41.7 Å². The van der Waals surface area contributed by atoms with Crippen LogP contribution in [0.5, 0.6) is 0 Å². The van der Waals surface area contributed by atoms with Gasteiger partial charge in [0.2, 0.25) is 11.8 Å². The maximum atomic E-state index is 14.2. The minimum atomic E-state index is -0.481. The summed E-state index contributed by atoms with van der Waals surface area (Å²) in [5.41, 5.74) is 3.32. The Balaban J connectivity index is 1.26. The second kappa shape index (κ2) is 13.1. The van der Waals surface area contributed by atoms with Crippen molar-refractivity contribution >= 4 is 39.6 Å². The van der Waals surface area contributed by atoms with Gasteiger partial charge < -0.3 is 25.2 Å². The van der Waals surface area contributed by atoms with Gasteiger partial charge in [0.25, 0.3) is 0 Å². The summed E-state index contributed by atoms with van der Waals surface area (Å²) in [6.45, 7) is 5.84. The largest absolute Gasteiger partial charge is 0.378 e. The van der Waals surface area contributed by atoms with E-state index >= 15 is 0 Å². The summed E-state index contributed by atoms with van der Waals surface area (Å²) < 4.78 is 5.58. The molecule has 1 saturated carbocycles. The van der Waals surface area contributed by atoms with E-state index in [-0.39, 0.29) is 29.8 Å². The molecular formula is C33H43N5O3S. The van der Waals surface area contributed by atoms with E-state index in [2.05, 4.69) is 57.3 Å². The average Bonchev–Trinajstić information content (AvgIpc) is 3.73. The molecule has 2 aliphatic heterocycles. The summed E-state index contributed by atoms with van der Waals surface area (Å²) in [6.07, 6.45) is 7.24. The van der Waals surface area contributed by atoms with Crippen LogP contribution in [0.1, 0.15) is 62.9 Å². The molecule has 2 amide bonds. The van der Waals surface area contributed by atoms with E-state index in [0.29, 0.717) is 6.54 Å². The molecule has 3 aliphatic rings. The van der Waals surface area contributed by atoms with Crippen LogP contribution in [-0.2, 0) is 14.3 Å². The van der Waals surface area contributed by atoms with Gasteiger partial charge in [-0.05, 0) is 57.0 Å². The van der Waals surface area contributed by atoms with Crippen molar-refractivity contribution in [2.75, 3.05) is 44.8 Å². The first-order valence-electron chi connectivity index (χ1n) is 15.6. The Hall–Kier alpha value is -3.01. The minimum Gasteiger partial charge on any atom is -0.378 e. The van der Waals surface area contributed by atoms with Crippen LogP contribution in [0.2, 0.25) is 0 Å². The molecule has 3 fully saturated rings. The molecule has 3 aromatic rings. The monoisotopic (exact) mass is 589 g/mol. The van der Waals surface area contributed by atoms with E-state index in [0.717, 1.165) is 81.1 Å². The molecule has 224 valence electrons. The number of rotatable bonds is 8. The van der Waals surface area contributed by atoms with E-state index in [1.165, 1.54) is 22.9 Å². The SMILES string of the molecule is CN[C@@H](C)C(=O)N[C@H](C(=O)N1CCC[C@H]1c1nc(-c2ccc(N3CCOCC3)c3ccccc23)cs1)C1CCCCC1. The number of hydrogen-bond donors (Lipinski definition) is 2. The van der Waals surface area contributed by atoms with Crippen molar-refractivity contribution in [2.24, 2.45) is 5.92 Å². The first-order chi connectivity index (χ1) is 20.5. The molecule has 1 aliphatic carbocycles. The number of likely N-dealkylation sites (N-methyl/N-ethyl adjacent to an activating group) is 1. The number of hydrogen-bond acceptors (Lipinski definition) is 7. The van der Waals surface area contributed by atoms with Gasteiger partial charge in [-0.2, -0.15) is 0 Å². The van der Waals surface area contributed by atoms with Gasteiger partial charge in [-0.15, -0.1) is 11.3 Å². The Labute approximate surface area is 252 Å². The van der Waals surface area contributed by atoms with Gasteiger partial charge in [-0.1, -0.05) is 49.6 Å². The first kappa shape index (κ1) is 29.1. The molecule has 9 heteroatoms. The smallest absolute Gasteiger partial charge is 0.246 e. The van der Waals surface area contributed by atoms with E-state index in [1.807, 2.05) is 11.8 Å². The molecule has 1 aromatic heterocycles. The fraction of sp³-hybridized carbons (Fsp3) is 0.545. The van der Waals surface area contributed by atoms with Gasteiger partial charge in [0.15, 0.2) is 0 Å². The summed E-state index contributed by atoms with van der Waals surface area (Å²) in [6, 6.07) is 12.1. The second-order valence-electron chi connectivity index (χ2n) is 11.9. The molecule has 42 heavy (non-hydrogen) atoms.